The highest BCUT2D eigenvalue weighted by molar-refractivity contribution is 5.95. The average molecular weight is 341 g/mol. The molecule has 3 N–H and O–H groups in total. The smallest absolute Gasteiger partial charge is 0.338 e. The van der Waals surface area contributed by atoms with Gasteiger partial charge in [0.15, 0.2) is 5.76 Å². The number of imidazole rings is 1. The first kappa shape index (κ1) is 16.8. The number of furan rings is 1. The van der Waals surface area contributed by atoms with E-state index in [1.165, 1.54) is 6.07 Å². The van der Waals surface area contributed by atoms with Crippen LogP contribution in [0.1, 0.15) is 53.0 Å². The number of carboxylic acids is 1. The molecule has 0 saturated heterocycles. The molecule has 7 heteroatoms. The number of fused-ring (bicyclic) bond motifs is 1. The number of aromatic carboxylic acids is 1. The minimum absolute atomic E-state index is 0.0400. The molecule has 2 heterocycles. The van der Waals surface area contributed by atoms with Crippen molar-refractivity contribution in [1.82, 2.24) is 15.3 Å². The van der Waals surface area contributed by atoms with Gasteiger partial charge in [-0.3, -0.25) is 4.79 Å². The van der Waals surface area contributed by atoms with Crippen LogP contribution in [0, 0.1) is 5.92 Å². The minimum Gasteiger partial charge on any atom is -0.478 e. The number of hydrogen-bond acceptors (Lipinski definition) is 4. The summed E-state index contributed by atoms with van der Waals surface area (Å²) in [7, 11) is 0. The van der Waals surface area contributed by atoms with Gasteiger partial charge in [-0.2, -0.15) is 0 Å². The fraction of sp³-hybridized carbons (Fsp3) is 0.278. The summed E-state index contributed by atoms with van der Waals surface area (Å²) in [6.45, 7) is 4.05. The van der Waals surface area contributed by atoms with Gasteiger partial charge in [0.05, 0.1) is 22.6 Å². The van der Waals surface area contributed by atoms with E-state index >= 15 is 0 Å². The van der Waals surface area contributed by atoms with E-state index in [0.29, 0.717) is 5.82 Å². The first-order valence-corrected chi connectivity index (χ1v) is 8.07. The summed E-state index contributed by atoms with van der Waals surface area (Å²) in [6.07, 6.45) is 1.89. The van der Waals surface area contributed by atoms with E-state index in [4.69, 9.17) is 9.52 Å². The Morgan fingerprint density at radius 2 is 2.12 bits per heavy atom. The van der Waals surface area contributed by atoms with Crippen molar-refractivity contribution in [2.75, 3.05) is 0 Å². The number of benzene rings is 1. The second-order valence-electron chi connectivity index (χ2n) is 5.98. The Hall–Kier alpha value is -3.09. The van der Waals surface area contributed by atoms with Crippen LogP contribution in [0.15, 0.2) is 41.0 Å². The Morgan fingerprint density at radius 1 is 1.36 bits per heavy atom. The molecule has 2 aromatic heterocycles. The number of carbonyl (C=O) groups excluding carboxylic acids is 1. The third-order valence-electron chi connectivity index (χ3n) is 4.27. The zero-order valence-corrected chi connectivity index (χ0v) is 13.9. The van der Waals surface area contributed by atoms with Crippen molar-refractivity contribution in [2.45, 2.75) is 26.3 Å². The molecule has 2 unspecified atom stereocenters. The van der Waals surface area contributed by atoms with E-state index in [-0.39, 0.29) is 23.3 Å². The highest BCUT2D eigenvalue weighted by atomic mass is 16.4. The van der Waals surface area contributed by atoms with Crippen LogP contribution in [0.4, 0.5) is 0 Å². The molecule has 1 aromatic carbocycles. The Balaban J connectivity index is 1.87. The van der Waals surface area contributed by atoms with Gasteiger partial charge >= 0.3 is 5.97 Å². The van der Waals surface area contributed by atoms with Crippen LogP contribution >= 0.6 is 0 Å². The number of nitrogens with one attached hydrogen (secondary N) is 2. The summed E-state index contributed by atoms with van der Waals surface area (Å²) in [6, 6.07) is 8.51. The number of nitrogens with zero attached hydrogens (tertiary/aromatic N) is 1. The summed E-state index contributed by atoms with van der Waals surface area (Å²) >= 11 is 0. The van der Waals surface area contributed by atoms with Gasteiger partial charge in [-0.1, -0.05) is 32.4 Å². The Morgan fingerprint density at radius 3 is 2.76 bits per heavy atom. The highest BCUT2D eigenvalue weighted by Gasteiger charge is 2.25. The second kappa shape index (κ2) is 6.80. The van der Waals surface area contributed by atoms with E-state index in [1.807, 2.05) is 38.1 Å². The predicted molar refractivity (Wildman–Crippen MR) is 91.4 cm³/mol. The Bertz CT molecular complexity index is 879. The van der Waals surface area contributed by atoms with Crippen molar-refractivity contribution in [3.8, 4) is 0 Å². The zero-order chi connectivity index (χ0) is 18.0. The van der Waals surface area contributed by atoms with E-state index in [0.717, 1.165) is 23.7 Å². The number of carbonyl (C=O) groups is 2. The standard InChI is InChI=1S/C18H19N3O4/c1-3-10(2)15(16-19-12-6-4-5-7-13(12)20-16)21-17(22)14-8-11(9-25-14)18(23)24/h4-10,15H,3H2,1-2H3,(H,19,20)(H,21,22)(H,23,24). The molecule has 7 nitrogen and oxygen atoms in total. The number of rotatable bonds is 6. The van der Waals surface area contributed by atoms with Crippen molar-refractivity contribution in [2.24, 2.45) is 5.92 Å². The lowest BCUT2D eigenvalue weighted by Gasteiger charge is -2.21. The van der Waals surface area contributed by atoms with E-state index < -0.39 is 11.9 Å². The third-order valence-corrected chi connectivity index (χ3v) is 4.27. The molecule has 0 fully saturated rings. The van der Waals surface area contributed by atoms with Gasteiger partial charge in [0.1, 0.15) is 12.1 Å². The first-order chi connectivity index (χ1) is 12.0. The zero-order valence-electron chi connectivity index (χ0n) is 13.9. The fourth-order valence-electron chi connectivity index (χ4n) is 2.62. The predicted octanol–water partition coefficient (Wildman–Crippen LogP) is 3.37. The lowest BCUT2D eigenvalue weighted by molar-refractivity contribution is 0.0695. The van der Waals surface area contributed by atoms with Crippen molar-refractivity contribution in [3.05, 3.63) is 53.7 Å². The van der Waals surface area contributed by atoms with Crippen molar-refractivity contribution >= 4 is 22.9 Å². The Kier molecular flexibility index (Phi) is 4.56. The molecule has 0 aliphatic carbocycles. The molecule has 0 aliphatic heterocycles. The SMILES string of the molecule is CCC(C)C(NC(=O)c1cc(C(=O)O)co1)c1nc2ccccc2[nH]1. The van der Waals surface area contributed by atoms with Gasteiger partial charge in [0.25, 0.3) is 5.91 Å². The van der Waals surface area contributed by atoms with Crippen LogP contribution in [-0.4, -0.2) is 27.0 Å². The summed E-state index contributed by atoms with van der Waals surface area (Å²) in [5.74, 6) is -0.869. The van der Waals surface area contributed by atoms with Gasteiger partial charge in [-0.25, -0.2) is 9.78 Å². The Labute approximate surface area is 144 Å². The summed E-state index contributed by atoms with van der Waals surface area (Å²) in [4.78, 5) is 31.2. The monoisotopic (exact) mass is 341 g/mol. The van der Waals surface area contributed by atoms with Crippen LogP contribution in [0.2, 0.25) is 0 Å². The summed E-state index contributed by atoms with van der Waals surface area (Å²) in [5.41, 5.74) is 1.66. The molecular weight excluding hydrogens is 322 g/mol. The van der Waals surface area contributed by atoms with Crippen LogP contribution in [0.5, 0.6) is 0 Å². The molecule has 3 rings (SSSR count). The quantitative estimate of drug-likeness (QED) is 0.637. The molecule has 3 aromatic rings. The highest BCUT2D eigenvalue weighted by Crippen LogP contribution is 2.25. The number of aromatic amines is 1. The van der Waals surface area contributed by atoms with Crippen LogP contribution in [-0.2, 0) is 0 Å². The van der Waals surface area contributed by atoms with Gasteiger partial charge in [0.2, 0.25) is 0 Å². The molecule has 2 atom stereocenters. The fourth-order valence-corrected chi connectivity index (χ4v) is 2.62. The number of hydrogen-bond donors (Lipinski definition) is 3. The number of H-pyrrole nitrogens is 1. The molecular formula is C18H19N3O4. The van der Waals surface area contributed by atoms with Gasteiger partial charge in [-0.15, -0.1) is 0 Å². The minimum atomic E-state index is -1.14. The van der Waals surface area contributed by atoms with Crippen LogP contribution < -0.4 is 5.32 Å². The molecule has 1 amide bonds. The number of aromatic nitrogens is 2. The molecule has 0 bridgehead atoms. The van der Waals surface area contributed by atoms with Crippen LogP contribution in [0.25, 0.3) is 11.0 Å². The third kappa shape index (κ3) is 3.40. The maximum atomic E-state index is 12.5. The lowest BCUT2D eigenvalue weighted by atomic mass is 9.98. The van der Waals surface area contributed by atoms with Crippen LogP contribution in [0.3, 0.4) is 0 Å². The van der Waals surface area contributed by atoms with Crippen molar-refractivity contribution in [1.29, 1.82) is 0 Å². The van der Waals surface area contributed by atoms with Gasteiger partial charge in [0, 0.05) is 6.07 Å². The first-order valence-electron chi connectivity index (χ1n) is 8.07. The number of carboxylic acid groups (broad SMARTS) is 1. The molecule has 130 valence electrons. The molecule has 25 heavy (non-hydrogen) atoms. The maximum Gasteiger partial charge on any atom is 0.338 e. The topological polar surface area (TPSA) is 108 Å². The average Bonchev–Trinajstić information content (AvgIpc) is 3.25. The largest absolute Gasteiger partial charge is 0.478 e. The summed E-state index contributed by atoms with van der Waals surface area (Å²) < 4.78 is 5.07. The number of amides is 1. The van der Waals surface area contributed by atoms with E-state index in [9.17, 15) is 9.59 Å². The van der Waals surface area contributed by atoms with Crippen molar-refractivity contribution < 1.29 is 19.1 Å². The molecule has 0 saturated carbocycles. The van der Waals surface area contributed by atoms with Gasteiger partial charge in [-0.05, 0) is 18.1 Å². The van der Waals surface area contributed by atoms with E-state index in [2.05, 4.69) is 15.3 Å². The maximum absolute atomic E-state index is 12.5. The second-order valence-corrected chi connectivity index (χ2v) is 5.98. The lowest BCUT2D eigenvalue weighted by Crippen LogP contribution is -2.33. The molecule has 0 spiro atoms. The van der Waals surface area contributed by atoms with Gasteiger partial charge < -0.3 is 19.8 Å². The normalized spacial score (nSPS) is 13.5. The van der Waals surface area contributed by atoms with E-state index in [1.54, 1.807) is 0 Å². The number of para-hydroxylation sites is 2. The molecule has 0 radical (unpaired) electrons. The summed E-state index contributed by atoms with van der Waals surface area (Å²) in [5, 5.41) is 11.8. The molecule has 0 aliphatic rings. The van der Waals surface area contributed by atoms with Crippen molar-refractivity contribution in [3.63, 3.8) is 0 Å².